The highest BCUT2D eigenvalue weighted by Gasteiger charge is 2.35. The molecule has 0 heterocycles. The van der Waals surface area contributed by atoms with E-state index in [1.165, 1.54) is 59.5 Å². The summed E-state index contributed by atoms with van der Waals surface area (Å²) in [5, 5.41) is 3.21. The second-order valence-electron chi connectivity index (χ2n) is 10.4. The second kappa shape index (κ2) is 14.7. The number of carbonyl (C=O) groups is 2. The molecule has 4 aromatic rings. The van der Waals surface area contributed by atoms with Crippen molar-refractivity contribution in [1.82, 2.24) is 10.2 Å². The maximum atomic E-state index is 14.4. The van der Waals surface area contributed by atoms with Crippen LogP contribution in [0.1, 0.15) is 25.0 Å². The van der Waals surface area contributed by atoms with Gasteiger partial charge >= 0.3 is 0 Å². The fourth-order valence-electron chi connectivity index (χ4n) is 4.61. The molecular formula is C33H32Cl2FN3O4S. The predicted octanol–water partition coefficient (Wildman–Crippen LogP) is 6.49. The molecule has 44 heavy (non-hydrogen) atoms. The molecule has 0 radical (unpaired) electrons. The van der Waals surface area contributed by atoms with E-state index < -0.39 is 40.2 Å². The number of hydrogen-bond donors (Lipinski definition) is 1. The Labute approximate surface area is 267 Å². The van der Waals surface area contributed by atoms with Crippen LogP contribution in [0.25, 0.3) is 0 Å². The molecule has 0 aliphatic heterocycles. The van der Waals surface area contributed by atoms with Crippen molar-refractivity contribution in [2.24, 2.45) is 0 Å². The summed E-state index contributed by atoms with van der Waals surface area (Å²) in [6.07, 6.45) is 0.157. The summed E-state index contributed by atoms with van der Waals surface area (Å²) in [4.78, 5) is 29.3. The first-order valence-electron chi connectivity index (χ1n) is 13.9. The minimum absolute atomic E-state index is 0.0395. The Kier molecular flexibility index (Phi) is 11.0. The summed E-state index contributed by atoms with van der Waals surface area (Å²) in [6.45, 7) is 2.88. The molecule has 0 bridgehead atoms. The number of halogens is 3. The summed E-state index contributed by atoms with van der Waals surface area (Å²) >= 11 is 12.4. The molecule has 4 rings (SSSR count). The Balaban J connectivity index is 1.81. The first-order valence-corrected chi connectivity index (χ1v) is 16.1. The maximum Gasteiger partial charge on any atom is 0.264 e. The van der Waals surface area contributed by atoms with E-state index in [1.807, 2.05) is 44.2 Å². The Morgan fingerprint density at radius 3 is 2.02 bits per heavy atom. The van der Waals surface area contributed by atoms with E-state index in [2.05, 4.69) is 5.32 Å². The van der Waals surface area contributed by atoms with Gasteiger partial charge in [0.05, 0.1) is 20.6 Å². The third-order valence-corrected chi connectivity index (χ3v) is 9.30. The number of nitrogens with zero attached hydrogens (tertiary/aromatic N) is 2. The number of sulfonamides is 1. The van der Waals surface area contributed by atoms with Gasteiger partial charge in [0.25, 0.3) is 10.0 Å². The van der Waals surface area contributed by atoms with E-state index >= 15 is 0 Å². The normalized spacial score (nSPS) is 12.0. The molecular weight excluding hydrogens is 624 g/mol. The molecule has 0 fully saturated rings. The number of rotatable bonds is 12. The number of benzene rings is 4. The van der Waals surface area contributed by atoms with Crippen LogP contribution in [0.3, 0.4) is 0 Å². The highest BCUT2D eigenvalue weighted by atomic mass is 35.5. The van der Waals surface area contributed by atoms with Crippen molar-refractivity contribution in [3.63, 3.8) is 0 Å². The third-order valence-electron chi connectivity index (χ3n) is 6.77. The van der Waals surface area contributed by atoms with Crippen LogP contribution in [-0.2, 0) is 32.6 Å². The molecule has 230 valence electrons. The molecule has 11 heteroatoms. The van der Waals surface area contributed by atoms with Gasteiger partial charge in [-0.3, -0.25) is 13.9 Å². The van der Waals surface area contributed by atoms with Crippen LogP contribution < -0.4 is 9.62 Å². The number of carbonyl (C=O) groups excluding carboxylic acids is 2. The van der Waals surface area contributed by atoms with Crippen molar-refractivity contribution in [2.45, 2.75) is 43.8 Å². The largest absolute Gasteiger partial charge is 0.352 e. The van der Waals surface area contributed by atoms with Gasteiger partial charge in [-0.1, -0.05) is 83.9 Å². The van der Waals surface area contributed by atoms with E-state index in [1.54, 1.807) is 18.2 Å². The maximum absolute atomic E-state index is 14.4. The molecule has 0 aromatic heterocycles. The van der Waals surface area contributed by atoms with Crippen LogP contribution in [-0.4, -0.2) is 43.8 Å². The lowest BCUT2D eigenvalue weighted by Crippen LogP contribution is -2.54. The van der Waals surface area contributed by atoms with Crippen LogP contribution >= 0.6 is 23.2 Å². The van der Waals surface area contributed by atoms with Crippen molar-refractivity contribution in [3.05, 3.63) is 130 Å². The lowest BCUT2D eigenvalue weighted by molar-refractivity contribution is -0.140. The monoisotopic (exact) mass is 655 g/mol. The Morgan fingerprint density at radius 2 is 1.43 bits per heavy atom. The standard InChI is InChI=1S/C33H32Cl2FN3O4S/c1-23(2)37-33(41)31(19-24-9-5-3-6-10-24)38(21-25-13-15-26(36)16-14-25)32(40)22-39(27-17-18-29(34)30(35)20-27)44(42,43)28-11-7-4-8-12-28/h3-18,20,23,31H,19,21-22H2,1-2H3,(H,37,41)/t31-/m0/s1. The van der Waals surface area contributed by atoms with Crippen LogP contribution in [0, 0.1) is 5.82 Å². The minimum Gasteiger partial charge on any atom is -0.352 e. The first kappa shape index (κ1) is 33.0. The average Bonchev–Trinajstić information content (AvgIpc) is 3.00. The smallest absolute Gasteiger partial charge is 0.264 e. The molecule has 0 saturated heterocycles. The number of nitrogens with one attached hydrogen (secondary N) is 1. The highest BCUT2D eigenvalue weighted by molar-refractivity contribution is 7.92. The van der Waals surface area contributed by atoms with E-state index in [-0.39, 0.29) is 39.6 Å². The molecule has 0 spiro atoms. The molecule has 1 atom stereocenters. The topological polar surface area (TPSA) is 86.8 Å². The molecule has 4 aromatic carbocycles. The van der Waals surface area contributed by atoms with Crippen molar-refractivity contribution >= 4 is 50.7 Å². The molecule has 0 saturated carbocycles. The zero-order valence-electron chi connectivity index (χ0n) is 24.2. The summed E-state index contributed by atoms with van der Waals surface area (Å²) in [7, 11) is -4.28. The average molecular weight is 657 g/mol. The highest BCUT2D eigenvalue weighted by Crippen LogP contribution is 2.31. The molecule has 0 unspecified atom stereocenters. The molecule has 7 nitrogen and oxygen atoms in total. The van der Waals surface area contributed by atoms with Gasteiger partial charge in [-0.25, -0.2) is 12.8 Å². The Morgan fingerprint density at radius 1 is 0.818 bits per heavy atom. The van der Waals surface area contributed by atoms with Crippen LogP contribution in [0.4, 0.5) is 10.1 Å². The van der Waals surface area contributed by atoms with Gasteiger partial charge in [0, 0.05) is 19.0 Å². The SMILES string of the molecule is CC(C)NC(=O)[C@H](Cc1ccccc1)N(Cc1ccc(F)cc1)C(=O)CN(c1ccc(Cl)c(Cl)c1)S(=O)(=O)c1ccccc1. The van der Waals surface area contributed by atoms with Crippen LogP contribution in [0.2, 0.25) is 10.0 Å². The summed E-state index contributed by atoms with van der Waals surface area (Å²) in [5.41, 5.74) is 1.47. The summed E-state index contributed by atoms with van der Waals surface area (Å²) in [6, 6.07) is 25.5. The van der Waals surface area contributed by atoms with E-state index in [4.69, 9.17) is 23.2 Å². The lowest BCUT2D eigenvalue weighted by atomic mass is 10.0. The third kappa shape index (κ3) is 8.37. The number of hydrogen-bond acceptors (Lipinski definition) is 4. The lowest BCUT2D eigenvalue weighted by Gasteiger charge is -2.34. The van der Waals surface area contributed by atoms with E-state index in [9.17, 15) is 22.4 Å². The van der Waals surface area contributed by atoms with Crippen molar-refractivity contribution in [3.8, 4) is 0 Å². The molecule has 0 aliphatic carbocycles. The molecule has 0 aliphatic rings. The zero-order valence-corrected chi connectivity index (χ0v) is 26.5. The van der Waals surface area contributed by atoms with E-state index in [0.717, 1.165) is 9.87 Å². The zero-order chi connectivity index (χ0) is 31.9. The Hall–Kier alpha value is -3.92. The van der Waals surface area contributed by atoms with Gasteiger partial charge < -0.3 is 10.2 Å². The number of anilines is 1. The van der Waals surface area contributed by atoms with Crippen molar-refractivity contribution in [1.29, 1.82) is 0 Å². The summed E-state index contributed by atoms with van der Waals surface area (Å²) in [5.74, 6) is -1.52. The number of amides is 2. The van der Waals surface area contributed by atoms with Crippen molar-refractivity contribution < 1.29 is 22.4 Å². The molecule has 2 amide bonds. The van der Waals surface area contributed by atoms with Gasteiger partial charge in [0.15, 0.2) is 0 Å². The van der Waals surface area contributed by atoms with Crippen LogP contribution in [0.15, 0.2) is 108 Å². The van der Waals surface area contributed by atoms with Crippen molar-refractivity contribution in [2.75, 3.05) is 10.8 Å². The first-order chi connectivity index (χ1) is 21.0. The minimum atomic E-state index is -4.28. The van der Waals surface area contributed by atoms with Gasteiger partial charge in [0.2, 0.25) is 11.8 Å². The van der Waals surface area contributed by atoms with Gasteiger partial charge in [-0.15, -0.1) is 0 Å². The second-order valence-corrected chi connectivity index (χ2v) is 13.1. The summed E-state index contributed by atoms with van der Waals surface area (Å²) < 4.78 is 42.7. The fourth-order valence-corrected chi connectivity index (χ4v) is 6.33. The van der Waals surface area contributed by atoms with E-state index in [0.29, 0.717) is 5.56 Å². The van der Waals surface area contributed by atoms with Crippen LogP contribution in [0.5, 0.6) is 0 Å². The van der Waals surface area contributed by atoms with Gasteiger partial charge in [-0.05, 0) is 67.4 Å². The quantitative estimate of drug-likeness (QED) is 0.189. The molecule has 1 N–H and O–H groups in total. The predicted molar refractivity (Wildman–Crippen MR) is 172 cm³/mol. The fraction of sp³-hybridized carbons (Fsp3) is 0.212. The van der Waals surface area contributed by atoms with Gasteiger partial charge in [-0.2, -0.15) is 0 Å². The Bertz CT molecular complexity index is 1690. The van der Waals surface area contributed by atoms with Gasteiger partial charge in [0.1, 0.15) is 18.4 Å².